The molecule has 0 atom stereocenters. The molecule has 2 rings (SSSR count). The van der Waals surface area contributed by atoms with Crippen molar-refractivity contribution in [3.8, 4) is 0 Å². The summed E-state index contributed by atoms with van der Waals surface area (Å²) in [6, 6.07) is 3.77. The molecule has 0 unspecified atom stereocenters. The number of nitrogens with one attached hydrogen (secondary N) is 2. The fourth-order valence-corrected chi connectivity index (χ4v) is 2.23. The fourth-order valence-electron chi connectivity index (χ4n) is 1.57. The molecule has 0 saturated heterocycles. The van der Waals surface area contributed by atoms with Gasteiger partial charge in [0.15, 0.2) is 11.6 Å². The van der Waals surface area contributed by atoms with Crippen LogP contribution in [0.4, 0.5) is 18.9 Å². The molecule has 0 aliphatic heterocycles. The van der Waals surface area contributed by atoms with Crippen LogP contribution in [0, 0.1) is 17.5 Å². The number of rotatable bonds is 5. The van der Waals surface area contributed by atoms with Crippen LogP contribution in [0.15, 0.2) is 33.8 Å². The molecule has 0 bridgehead atoms. The Labute approximate surface area is 118 Å². The van der Waals surface area contributed by atoms with E-state index in [1.165, 1.54) is 19.2 Å². The molecule has 1 heterocycles. The molecule has 1 aromatic heterocycles. The summed E-state index contributed by atoms with van der Waals surface area (Å²) in [7, 11) is -2.50. The Bertz CT molecular complexity index is 759. The predicted octanol–water partition coefficient (Wildman–Crippen LogP) is 2.22. The summed E-state index contributed by atoms with van der Waals surface area (Å²) in [5, 5.41) is 2.12. The van der Waals surface area contributed by atoms with Gasteiger partial charge in [0.05, 0.1) is 12.2 Å². The maximum Gasteiger partial charge on any atom is 0.273 e. The van der Waals surface area contributed by atoms with Crippen LogP contribution in [0.2, 0.25) is 0 Å². The van der Waals surface area contributed by atoms with Crippen molar-refractivity contribution in [2.24, 2.45) is 0 Å². The van der Waals surface area contributed by atoms with Crippen LogP contribution in [0.1, 0.15) is 5.76 Å². The lowest BCUT2D eigenvalue weighted by molar-refractivity contribution is 0.416. The van der Waals surface area contributed by atoms with E-state index in [0.717, 1.165) is 6.07 Å². The molecule has 0 aliphatic rings. The highest BCUT2D eigenvalue weighted by atomic mass is 32.2. The summed E-state index contributed by atoms with van der Waals surface area (Å²) in [5.74, 6) is -3.33. The third-order valence-corrected chi connectivity index (χ3v) is 3.90. The van der Waals surface area contributed by atoms with E-state index in [2.05, 4.69) is 10.0 Å². The highest BCUT2D eigenvalue weighted by Crippen LogP contribution is 2.21. The van der Waals surface area contributed by atoms with Gasteiger partial charge in [-0.1, -0.05) is 0 Å². The second-order valence-electron chi connectivity index (χ2n) is 4.03. The first-order valence-corrected chi connectivity index (χ1v) is 7.22. The van der Waals surface area contributed by atoms with Crippen molar-refractivity contribution < 1.29 is 26.0 Å². The number of halogens is 3. The molecule has 2 aromatic rings. The average Bonchev–Trinajstić information content (AvgIpc) is 2.91. The monoisotopic (exact) mass is 320 g/mol. The standard InChI is InChI=1S/C12H11F3N2O3S/c1-16-21(18,19)11-3-2-8(20-11)6-17-10-5-7(13)4-9(14)12(10)15/h2-5,16-17H,6H2,1H3. The van der Waals surface area contributed by atoms with E-state index in [1.807, 2.05) is 0 Å². The van der Waals surface area contributed by atoms with Crippen LogP contribution in [0.5, 0.6) is 0 Å². The van der Waals surface area contributed by atoms with E-state index in [4.69, 9.17) is 4.42 Å². The van der Waals surface area contributed by atoms with Crippen molar-refractivity contribution in [3.63, 3.8) is 0 Å². The van der Waals surface area contributed by atoms with Crippen LogP contribution >= 0.6 is 0 Å². The van der Waals surface area contributed by atoms with Gasteiger partial charge in [0.2, 0.25) is 5.09 Å². The van der Waals surface area contributed by atoms with Crippen LogP contribution in [0.25, 0.3) is 0 Å². The van der Waals surface area contributed by atoms with E-state index in [-0.39, 0.29) is 23.1 Å². The van der Waals surface area contributed by atoms with Crippen molar-refractivity contribution in [2.75, 3.05) is 12.4 Å². The molecule has 0 radical (unpaired) electrons. The number of hydrogen-bond acceptors (Lipinski definition) is 4. The Balaban J connectivity index is 2.15. The Hall–Kier alpha value is -2.00. The lowest BCUT2D eigenvalue weighted by Crippen LogP contribution is -2.17. The second kappa shape index (κ2) is 5.78. The van der Waals surface area contributed by atoms with Gasteiger partial charge in [-0.05, 0) is 19.2 Å². The molecular weight excluding hydrogens is 309 g/mol. The molecule has 0 aliphatic carbocycles. The predicted molar refractivity (Wildman–Crippen MR) is 68.6 cm³/mol. The smallest absolute Gasteiger partial charge is 0.273 e. The summed E-state index contributed by atoms with van der Waals surface area (Å²) in [6.45, 7) is -0.140. The van der Waals surface area contributed by atoms with E-state index in [1.54, 1.807) is 0 Å². The van der Waals surface area contributed by atoms with Gasteiger partial charge >= 0.3 is 0 Å². The Morgan fingerprint density at radius 2 is 1.90 bits per heavy atom. The topological polar surface area (TPSA) is 71.3 Å². The molecule has 9 heteroatoms. The van der Waals surface area contributed by atoms with Crippen LogP contribution < -0.4 is 10.0 Å². The molecule has 114 valence electrons. The van der Waals surface area contributed by atoms with Gasteiger partial charge in [0.25, 0.3) is 10.0 Å². The van der Waals surface area contributed by atoms with E-state index in [9.17, 15) is 21.6 Å². The first-order chi connectivity index (χ1) is 9.83. The maximum atomic E-state index is 13.4. The van der Waals surface area contributed by atoms with Crippen molar-refractivity contribution >= 4 is 15.7 Å². The zero-order valence-electron chi connectivity index (χ0n) is 10.8. The highest BCUT2D eigenvalue weighted by molar-refractivity contribution is 7.89. The molecule has 5 nitrogen and oxygen atoms in total. The molecule has 0 fully saturated rings. The molecule has 1 aromatic carbocycles. The van der Waals surface area contributed by atoms with Gasteiger partial charge in [-0.3, -0.25) is 0 Å². The van der Waals surface area contributed by atoms with E-state index >= 15 is 0 Å². The first kappa shape index (κ1) is 15.4. The zero-order valence-corrected chi connectivity index (χ0v) is 11.6. The molecule has 0 spiro atoms. The molecule has 2 N–H and O–H groups in total. The van der Waals surface area contributed by atoms with Gasteiger partial charge in [-0.25, -0.2) is 26.3 Å². The SMILES string of the molecule is CNS(=O)(=O)c1ccc(CNc2cc(F)cc(F)c2F)o1. The van der Waals surface area contributed by atoms with Crippen LogP contribution in [-0.4, -0.2) is 15.5 Å². The first-order valence-electron chi connectivity index (χ1n) is 5.74. The maximum absolute atomic E-state index is 13.4. The second-order valence-corrected chi connectivity index (χ2v) is 5.85. The Morgan fingerprint density at radius 3 is 2.57 bits per heavy atom. The summed E-state index contributed by atoms with van der Waals surface area (Å²) >= 11 is 0. The van der Waals surface area contributed by atoms with Crippen molar-refractivity contribution in [1.82, 2.24) is 4.72 Å². The minimum Gasteiger partial charge on any atom is -0.446 e. The summed E-state index contributed by atoms with van der Waals surface area (Å²) in [5.41, 5.74) is -0.387. The van der Waals surface area contributed by atoms with E-state index in [0.29, 0.717) is 6.07 Å². The van der Waals surface area contributed by atoms with Gasteiger partial charge in [0.1, 0.15) is 11.6 Å². The van der Waals surface area contributed by atoms with Crippen LogP contribution in [0.3, 0.4) is 0 Å². The zero-order chi connectivity index (χ0) is 15.6. The number of anilines is 1. The molecule has 0 saturated carbocycles. The molecular formula is C12H11F3N2O3S. The van der Waals surface area contributed by atoms with Crippen molar-refractivity contribution in [1.29, 1.82) is 0 Å². The van der Waals surface area contributed by atoms with Crippen molar-refractivity contribution in [3.05, 3.63) is 47.5 Å². The largest absolute Gasteiger partial charge is 0.446 e. The number of benzene rings is 1. The number of sulfonamides is 1. The Morgan fingerprint density at radius 1 is 1.19 bits per heavy atom. The third kappa shape index (κ3) is 3.37. The fraction of sp³-hybridized carbons (Fsp3) is 0.167. The normalized spacial score (nSPS) is 11.6. The van der Waals surface area contributed by atoms with Gasteiger partial charge in [0, 0.05) is 12.1 Å². The lowest BCUT2D eigenvalue weighted by Gasteiger charge is -2.06. The van der Waals surface area contributed by atoms with Gasteiger partial charge in [-0.15, -0.1) is 0 Å². The lowest BCUT2D eigenvalue weighted by atomic mass is 10.2. The van der Waals surface area contributed by atoms with E-state index < -0.39 is 27.5 Å². The van der Waals surface area contributed by atoms with Gasteiger partial charge < -0.3 is 9.73 Å². The average molecular weight is 320 g/mol. The Kier molecular flexibility index (Phi) is 4.24. The van der Waals surface area contributed by atoms with Gasteiger partial charge in [-0.2, -0.15) is 0 Å². The van der Waals surface area contributed by atoms with Crippen LogP contribution in [-0.2, 0) is 16.6 Å². The number of hydrogen-bond donors (Lipinski definition) is 2. The minimum atomic E-state index is -3.72. The summed E-state index contributed by atoms with van der Waals surface area (Å²) < 4.78 is 69.4. The summed E-state index contributed by atoms with van der Waals surface area (Å²) in [4.78, 5) is 0. The molecule has 0 amide bonds. The van der Waals surface area contributed by atoms with Crippen molar-refractivity contribution in [2.45, 2.75) is 11.6 Å². The number of furan rings is 1. The highest BCUT2D eigenvalue weighted by Gasteiger charge is 2.17. The molecule has 21 heavy (non-hydrogen) atoms. The summed E-state index contributed by atoms with van der Waals surface area (Å²) in [6.07, 6.45) is 0. The quantitative estimate of drug-likeness (QED) is 0.829. The minimum absolute atomic E-state index is 0.140. The third-order valence-electron chi connectivity index (χ3n) is 2.62.